The Bertz CT molecular complexity index is 1030. The fraction of sp³-hybridized carbons (Fsp3) is 0.400. The zero-order valence-corrected chi connectivity index (χ0v) is 16.2. The Kier molecular flexibility index (Phi) is 4.31. The number of ether oxygens (including phenoxy) is 1. The predicted octanol–water partition coefficient (Wildman–Crippen LogP) is 2.04. The van der Waals surface area contributed by atoms with Crippen molar-refractivity contribution in [1.82, 2.24) is 25.3 Å². The van der Waals surface area contributed by atoms with Crippen molar-refractivity contribution < 1.29 is 18.5 Å². The quantitative estimate of drug-likeness (QED) is 0.676. The monoisotopic (exact) mass is 395 g/mol. The first-order chi connectivity index (χ1) is 14.1. The largest absolute Gasteiger partial charge is 0.495 e. The van der Waals surface area contributed by atoms with Crippen LogP contribution in [0.5, 0.6) is 5.75 Å². The van der Waals surface area contributed by atoms with Gasteiger partial charge in [-0.15, -0.1) is 0 Å². The number of nitrogens with one attached hydrogen (secondary N) is 1. The average Bonchev–Trinajstić information content (AvgIpc) is 3.49. The first kappa shape index (κ1) is 17.9. The summed E-state index contributed by atoms with van der Waals surface area (Å²) in [4.78, 5) is 23.6. The summed E-state index contributed by atoms with van der Waals surface area (Å²) in [5, 5.41) is 7.15. The molecule has 3 unspecified atom stereocenters. The second-order valence-electron chi connectivity index (χ2n) is 7.50. The van der Waals surface area contributed by atoms with Crippen LogP contribution in [-0.2, 0) is 6.54 Å². The van der Waals surface area contributed by atoms with E-state index in [1.165, 1.54) is 0 Å². The number of nitrogens with zero attached hydrogens (tertiary/aromatic N) is 4. The number of hydrogen-bond acceptors (Lipinski definition) is 8. The lowest BCUT2D eigenvalue weighted by Gasteiger charge is -2.37. The summed E-state index contributed by atoms with van der Waals surface area (Å²) in [6.07, 6.45) is 5.83. The third kappa shape index (κ3) is 3.07. The molecule has 0 aromatic carbocycles. The van der Waals surface area contributed by atoms with Gasteiger partial charge in [-0.1, -0.05) is 5.16 Å². The smallest absolute Gasteiger partial charge is 0.253 e. The maximum Gasteiger partial charge on any atom is 0.253 e. The molecular formula is C20H21N5O4. The van der Waals surface area contributed by atoms with Crippen LogP contribution in [0.3, 0.4) is 0 Å². The highest BCUT2D eigenvalue weighted by Gasteiger charge is 2.52. The third-order valence-corrected chi connectivity index (χ3v) is 5.88. The molecule has 5 heterocycles. The molecule has 2 aliphatic heterocycles. The number of amides is 1. The number of pyridine rings is 1. The number of rotatable bonds is 6. The van der Waals surface area contributed by atoms with E-state index in [0.717, 1.165) is 18.5 Å². The van der Waals surface area contributed by atoms with Gasteiger partial charge >= 0.3 is 0 Å². The minimum atomic E-state index is -0.117. The Hall–Kier alpha value is -3.20. The Morgan fingerprint density at radius 3 is 3.10 bits per heavy atom. The van der Waals surface area contributed by atoms with E-state index in [9.17, 15) is 4.79 Å². The lowest BCUT2D eigenvalue weighted by Crippen LogP contribution is -2.54. The van der Waals surface area contributed by atoms with E-state index in [1.807, 2.05) is 6.92 Å². The Morgan fingerprint density at radius 2 is 2.31 bits per heavy atom. The summed E-state index contributed by atoms with van der Waals surface area (Å²) >= 11 is 0. The molecule has 3 atom stereocenters. The van der Waals surface area contributed by atoms with Crippen LogP contribution in [0.25, 0.3) is 11.6 Å². The van der Waals surface area contributed by atoms with Crippen LogP contribution in [0.15, 0.2) is 39.7 Å². The molecule has 3 aromatic heterocycles. The van der Waals surface area contributed by atoms with Crippen LogP contribution in [0.4, 0.5) is 0 Å². The van der Waals surface area contributed by atoms with Crippen molar-refractivity contribution in [3.05, 3.63) is 47.8 Å². The van der Waals surface area contributed by atoms with E-state index in [4.69, 9.17) is 13.7 Å². The highest BCUT2D eigenvalue weighted by Crippen LogP contribution is 2.42. The van der Waals surface area contributed by atoms with E-state index < -0.39 is 0 Å². The van der Waals surface area contributed by atoms with Gasteiger partial charge in [0, 0.05) is 30.4 Å². The fourth-order valence-corrected chi connectivity index (χ4v) is 4.29. The molecule has 150 valence electrons. The first-order valence-corrected chi connectivity index (χ1v) is 9.54. The molecule has 1 saturated carbocycles. The van der Waals surface area contributed by atoms with Crippen molar-refractivity contribution in [3.63, 3.8) is 0 Å². The van der Waals surface area contributed by atoms with Gasteiger partial charge in [0.15, 0.2) is 5.76 Å². The lowest BCUT2D eigenvalue weighted by molar-refractivity contribution is 0.0861. The Labute approximate surface area is 167 Å². The van der Waals surface area contributed by atoms with E-state index in [0.29, 0.717) is 41.3 Å². The summed E-state index contributed by atoms with van der Waals surface area (Å²) < 4.78 is 15.9. The molecule has 1 amide bonds. The highest BCUT2D eigenvalue weighted by molar-refractivity contribution is 5.96. The summed E-state index contributed by atoms with van der Waals surface area (Å²) in [5.74, 6) is 2.49. The molecule has 9 heteroatoms. The van der Waals surface area contributed by atoms with Crippen LogP contribution in [0.1, 0.15) is 28.2 Å². The molecule has 9 nitrogen and oxygen atoms in total. The van der Waals surface area contributed by atoms with E-state index in [-0.39, 0.29) is 18.0 Å². The van der Waals surface area contributed by atoms with Gasteiger partial charge in [0.2, 0.25) is 11.7 Å². The molecule has 3 fully saturated rings. The second kappa shape index (κ2) is 7.00. The minimum Gasteiger partial charge on any atom is -0.495 e. The van der Waals surface area contributed by atoms with Gasteiger partial charge in [-0.2, -0.15) is 4.98 Å². The standard InChI is InChI=1S/C20H21N5O4/c1-11-13(7-21-8-16(11)27-2)20(26)23-18-12-6-14(18)25(9-12)10-17-22-19(24-29-17)15-4-3-5-28-15/h3-5,7-8,12,14,18H,6,9-10H2,1-2H3,(H,23,26). The summed E-state index contributed by atoms with van der Waals surface area (Å²) in [7, 11) is 1.57. The van der Waals surface area contributed by atoms with Crippen LogP contribution in [0, 0.1) is 12.8 Å². The number of hydrogen-bond donors (Lipinski definition) is 1. The number of aromatic nitrogens is 3. The molecule has 3 aliphatic rings. The van der Waals surface area contributed by atoms with E-state index >= 15 is 0 Å². The van der Waals surface area contributed by atoms with E-state index in [1.54, 1.807) is 37.9 Å². The molecule has 0 spiro atoms. The molecule has 1 N–H and O–H groups in total. The number of carbonyl (C=O) groups excluding carboxylic acids is 1. The van der Waals surface area contributed by atoms with Crippen molar-refractivity contribution in [2.24, 2.45) is 5.92 Å². The number of furan rings is 1. The fourth-order valence-electron chi connectivity index (χ4n) is 4.29. The van der Waals surface area contributed by atoms with Gasteiger partial charge in [-0.05, 0) is 31.4 Å². The van der Waals surface area contributed by atoms with Crippen LogP contribution in [0.2, 0.25) is 0 Å². The van der Waals surface area contributed by atoms with Crippen molar-refractivity contribution in [1.29, 1.82) is 0 Å². The summed E-state index contributed by atoms with van der Waals surface area (Å²) in [6, 6.07) is 3.96. The molecule has 0 radical (unpaired) electrons. The molecule has 29 heavy (non-hydrogen) atoms. The van der Waals surface area contributed by atoms with Gasteiger partial charge in [0.1, 0.15) is 5.75 Å². The van der Waals surface area contributed by atoms with Crippen molar-refractivity contribution in [2.45, 2.75) is 32.0 Å². The second-order valence-corrected chi connectivity index (χ2v) is 7.50. The molecule has 3 aromatic rings. The van der Waals surface area contributed by atoms with Gasteiger partial charge in [-0.3, -0.25) is 14.7 Å². The first-order valence-electron chi connectivity index (χ1n) is 9.54. The normalized spacial score (nSPS) is 23.0. The van der Waals surface area contributed by atoms with Crippen molar-refractivity contribution >= 4 is 5.91 Å². The van der Waals surface area contributed by atoms with Crippen molar-refractivity contribution in [2.75, 3.05) is 13.7 Å². The SMILES string of the molecule is COc1cncc(C(=O)NC2C3CC2N(Cc2nc(-c4ccco4)no2)C3)c1C. The maximum absolute atomic E-state index is 12.8. The molecule has 2 saturated heterocycles. The topological polar surface area (TPSA) is 107 Å². The zero-order chi connectivity index (χ0) is 20.0. The lowest BCUT2D eigenvalue weighted by atomic mass is 9.80. The van der Waals surface area contributed by atoms with Gasteiger partial charge in [0.05, 0.1) is 31.7 Å². The van der Waals surface area contributed by atoms with Gasteiger partial charge in [0.25, 0.3) is 5.91 Å². The van der Waals surface area contributed by atoms with Gasteiger partial charge in [-0.25, -0.2) is 0 Å². The number of fused-ring (bicyclic) bond motifs is 1. The Morgan fingerprint density at radius 1 is 1.41 bits per heavy atom. The number of methoxy groups -OCH3 is 1. The van der Waals surface area contributed by atoms with Crippen LogP contribution in [-0.4, -0.2) is 51.7 Å². The molecule has 6 rings (SSSR count). The third-order valence-electron chi connectivity index (χ3n) is 5.88. The highest BCUT2D eigenvalue weighted by atomic mass is 16.5. The molecule has 1 aliphatic carbocycles. The average molecular weight is 395 g/mol. The van der Waals surface area contributed by atoms with Crippen LogP contribution < -0.4 is 10.1 Å². The predicted molar refractivity (Wildman–Crippen MR) is 101 cm³/mol. The molecular weight excluding hydrogens is 374 g/mol. The summed E-state index contributed by atoms with van der Waals surface area (Å²) in [6.45, 7) is 3.31. The minimum absolute atomic E-state index is 0.112. The van der Waals surface area contributed by atoms with E-state index in [2.05, 4.69) is 25.3 Å². The molecule has 2 bridgehead atoms. The zero-order valence-electron chi connectivity index (χ0n) is 16.2. The number of carbonyl (C=O) groups is 1. The van der Waals surface area contributed by atoms with Crippen LogP contribution >= 0.6 is 0 Å². The maximum atomic E-state index is 12.8. The van der Waals surface area contributed by atoms with Gasteiger partial charge < -0.3 is 19.0 Å². The summed E-state index contributed by atoms with van der Waals surface area (Å²) in [5.41, 5.74) is 1.34. The Balaban J connectivity index is 1.24. The van der Waals surface area contributed by atoms with Crippen molar-refractivity contribution in [3.8, 4) is 17.3 Å².